The van der Waals surface area contributed by atoms with Gasteiger partial charge >= 0.3 is 0 Å². The van der Waals surface area contributed by atoms with E-state index in [9.17, 15) is 4.79 Å². The maximum atomic E-state index is 12.7. The van der Waals surface area contributed by atoms with Gasteiger partial charge in [0.1, 0.15) is 5.75 Å². The van der Waals surface area contributed by atoms with Crippen molar-refractivity contribution >= 4 is 5.91 Å². The fourth-order valence-electron chi connectivity index (χ4n) is 3.71. The third-order valence-electron chi connectivity index (χ3n) is 5.27. The van der Waals surface area contributed by atoms with Gasteiger partial charge in [-0.2, -0.15) is 0 Å². The molecule has 0 aliphatic carbocycles. The molecule has 4 rings (SSSR count). The van der Waals surface area contributed by atoms with E-state index in [2.05, 4.69) is 9.97 Å². The van der Waals surface area contributed by atoms with Crippen LogP contribution in [-0.2, 0) is 11.2 Å². The lowest BCUT2D eigenvalue weighted by Gasteiger charge is -2.32. The fraction of sp³-hybridized carbons (Fsp3) is 0.304. The summed E-state index contributed by atoms with van der Waals surface area (Å²) in [6.45, 7) is 1.45. The molecule has 1 aliphatic heterocycles. The van der Waals surface area contributed by atoms with Gasteiger partial charge in [0.15, 0.2) is 0 Å². The average Bonchev–Trinajstić information content (AvgIpc) is 2.80. The van der Waals surface area contributed by atoms with Gasteiger partial charge in [-0.3, -0.25) is 14.8 Å². The quantitative estimate of drug-likeness (QED) is 0.669. The van der Waals surface area contributed by atoms with Crippen molar-refractivity contribution in [1.82, 2.24) is 19.9 Å². The number of hydrogen-bond donors (Lipinski definition) is 0. The van der Waals surface area contributed by atoms with Crippen molar-refractivity contribution in [3.63, 3.8) is 0 Å². The minimum absolute atomic E-state index is 0.116. The molecule has 0 N–H and O–H groups in total. The molecule has 1 saturated heterocycles. The Kier molecular flexibility index (Phi) is 5.79. The number of methoxy groups -OCH3 is 1. The Morgan fingerprint density at radius 1 is 1.21 bits per heavy atom. The van der Waals surface area contributed by atoms with E-state index in [0.29, 0.717) is 13.0 Å². The third-order valence-corrected chi connectivity index (χ3v) is 5.27. The van der Waals surface area contributed by atoms with Gasteiger partial charge in [0, 0.05) is 42.7 Å². The molecule has 0 saturated carbocycles. The first kappa shape index (κ1) is 19.1. The van der Waals surface area contributed by atoms with Gasteiger partial charge in [0.2, 0.25) is 5.91 Å². The van der Waals surface area contributed by atoms with Gasteiger partial charge in [-0.15, -0.1) is 0 Å². The summed E-state index contributed by atoms with van der Waals surface area (Å²) < 4.78 is 5.31. The number of pyridine rings is 1. The smallest absolute Gasteiger partial charge is 0.228 e. The molecule has 148 valence electrons. The van der Waals surface area contributed by atoms with Gasteiger partial charge in [0.05, 0.1) is 31.1 Å². The van der Waals surface area contributed by atoms with E-state index in [-0.39, 0.29) is 11.8 Å². The third kappa shape index (κ3) is 4.59. The summed E-state index contributed by atoms with van der Waals surface area (Å²) in [5.41, 5.74) is 3.52. The molecule has 3 aromatic rings. The summed E-state index contributed by atoms with van der Waals surface area (Å²) >= 11 is 0. The van der Waals surface area contributed by atoms with Crippen LogP contribution in [0.2, 0.25) is 0 Å². The molecule has 1 aliphatic rings. The van der Waals surface area contributed by atoms with Crippen LogP contribution in [0.15, 0.2) is 61.1 Å². The monoisotopic (exact) mass is 388 g/mol. The summed E-state index contributed by atoms with van der Waals surface area (Å²) in [6, 6.07) is 13.5. The van der Waals surface area contributed by atoms with Crippen LogP contribution in [0.5, 0.6) is 5.75 Å². The molecule has 1 amide bonds. The molecule has 6 heteroatoms. The fourth-order valence-corrected chi connectivity index (χ4v) is 3.71. The summed E-state index contributed by atoms with van der Waals surface area (Å²) in [7, 11) is 1.65. The van der Waals surface area contributed by atoms with Crippen LogP contribution in [-0.4, -0.2) is 46.0 Å². The van der Waals surface area contributed by atoms with Crippen LogP contribution in [0.25, 0.3) is 11.3 Å². The second-order valence-corrected chi connectivity index (χ2v) is 7.24. The van der Waals surface area contributed by atoms with Gasteiger partial charge in [0.25, 0.3) is 0 Å². The number of rotatable bonds is 5. The zero-order valence-electron chi connectivity index (χ0n) is 16.5. The molecular formula is C23H24N4O2. The number of piperidine rings is 1. The maximum absolute atomic E-state index is 12.7. The van der Waals surface area contributed by atoms with Crippen molar-refractivity contribution in [2.75, 3.05) is 20.2 Å². The van der Waals surface area contributed by atoms with Crippen molar-refractivity contribution in [1.29, 1.82) is 0 Å². The van der Waals surface area contributed by atoms with E-state index in [0.717, 1.165) is 47.8 Å². The number of carbonyl (C=O) groups excluding carboxylic acids is 1. The van der Waals surface area contributed by atoms with Gasteiger partial charge in [-0.05, 0) is 37.1 Å². The topological polar surface area (TPSA) is 68.2 Å². The number of likely N-dealkylation sites (tertiary alicyclic amines) is 1. The van der Waals surface area contributed by atoms with Crippen LogP contribution in [0.3, 0.4) is 0 Å². The summed E-state index contributed by atoms with van der Waals surface area (Å²) in [6.07, 6.45) is 7.61. The maximum Gasteiger partial charge on any atom is 0.228 e. The molecule has 0 spiro atoms. The molecule has 1 aromatic carbocycles. The number of benzene rings is 1. The molecule has 29 heavy (non-hydrogen) atoms. The minimum atomic E-state index is 0.116. The van der Waals surface area contributed by atoms with Gasteiger partial charge in [-0.25, -0.2) is 4.98 Å². The van der Waals surface area contributed by atoms with Crippen molar-refractivity contribution in [2.45, 2.75) is 25.2 Å². The van der Waals surface area contributed by atoms with Crippen molar-refractivity contribution in [3.8, 4) is 17.0 Å². The van der Waals surface area contributed by atoms with Crippen molar-refractivity contribution in [2.24, 2.45) is 0 Å². The first-order chi connectivity index (χ1) is 14.2. The van der Waals surface area contributed by atoms with Crippen molar-refractivity contribution < 1.29 is 9.53 Å². The largest absolute Gasteiger partial charge is 0.497 e. The van der Waals surface area contributed by atoms with E-state index in [1.165, 1.54) is 0 Å². The highest BCUT2D eigenvalue weighted by atomic mass is 16.5. The summed E-state index contributed by atoms with van der Waals surface area (Å²) in [5, 5.41) is 0. The second-order valence-electron chi connectivity index (χ2n) is 7.24. The molecule has 0 unspecified atom stereocenters. The lowest BCUT2D eigenvalue weighted by atomic mass is 9.94. The van der Waals surface area contributed by atoms with Crippen molar-refractivity contribution in [3.05, 3.63) is 72.4 Å². The lowest BCUT2D eigenvalue weighted by Crippen LogP contribution is -2.40. The van der Waals surface area contributed by atoms with Crippen LogP contribution in [0, 0.1) is 0 Å². The Bertz CT molecular complexity index is 977. The summed E-state index contributed by atoms with van der Waals surface area (Å²) in [5.74, 6) is 1.10. The number of carbonyl (C=O) groups is 1. The van der Waals surface area contributed by atoms with E-state index in [1.807, 2.05) is 53.6 Å². The standard InChI is InChI=1S/C23H24N4O2/c1-29-20-9-4-6-17(12-20)21-14-24-15-22(26-21)18-7-5-11-27(16-18)23(28)13-19-8-2-3-10-25-19/h2-4,6,8-10,12,14-15,18H,5,7,11,13,16H2,1H3/t18-/m0/s1. The highest BCUT2D eigenvalue weighted by Crippen LogP contribution is 2.28. The second kappa shape index (κ2) is 8.82. The molecule has 2 aromatic heterocycles. The first-order valence-electron chi connectivity index (χ1n) is 9.87. The average molecular weight is 388 g/mol. The van der Waals surface area contributed by atoms with E-state index < -0.39 is 0 Å². The SMILES string of the molecule is COc1cccc(-c2cncc([C@H]3CCCN(C(=O)Cc4ccccn4)C3)n2)c1. The lowest BCUT2D eigenvalue weighted by molar-refractivity contribution is -0.131. The Morgan fingerprint density at radius 2 is 2.14 bits per heavy atom. The Hall–Kier alpha value is -3.28. The molecule has 1 fully saturated rings. The number of amides is 1. The van der Waals surface area contributed by atoms with Crippen LogP contribution in [0.1, 0.15) is 30.1 Å². The predicted molar refractivity (Wildman–Crippen MR) is 111 cm³/mol. The van der Waals surface area contributed by atoms with E-state index >= 15 is 0 Å². The van der Waals surface area contributed by atoms with Crippen LogP contribution >= 0.6 is 0 Å². The molecule has 0 radical (unpaired) electrons. The number of hydrogen-bond acceptors (Lipinski definition) is 5. The zero-order valence-corrected chi connectivity index (χ0v) is 16.5. The number of ether oxygens (including phenoxy) is 1. The van der Waals surface area contributed by atoms with Crippen LogP contribution < -0.4 is 4.74 Å². The first-order valence-corrected chi connectivity index (χ1v) is 9.87. The Morgan fingerprint density at radius 3 is 2.97 bits per heavy atom. The molecule has 3 heterocycles. The minimum Gasteiger partial charge on any atom is -0.497 e. The summed E-state index contributed by atoms with van der Waals surface area (Å²) in [4.78, 5) is 28.2. The van der Waals surface area contributed by atoms with Gasteiger partial charge < -0.3 is 9.64 Å². The molecule has 1 atom stereocenters. The Balaban J connectivity index is 1.49. The van der Waals surface area contributed by atoms with E-state index in [4.69, 9.17) is 9.72 Å². The van der Waals surface area contributed by atoms with E-state index in [1.54, 1.807) is 19.5 Å². The molecule has 0 bridgehead atoms. The highest BCUT2D eigenvalue weighted by Gasteiger charge is 2.26. The normalized spacial score (nSPS) is 16.4. The zero-order chi connectivity index (χ0) is 20.1. The van der Waals surface area contributed by atoms with Crippen LogP contribution in [0.4, 0.5) is 0 Å². The number of nitrogens with zero attached hydrogens (tertiary/aromatic N) is 4. The predicted octanol–water partition coefficient (Wildman–Crippen LogP) is 3.50. The molecule has 6 nitrogen and oxygen atoms in total. The Labute approximate surface area is 170 Å². The molecular weight excluding hydrogens is 364 g/mol. The number of aromatic nitrogens is 3. The highest BCUT2D eigenvalue weighted by molar-refractivity contribution is 5.78. The van der Waals surface area contributed by atoms with Gasteiger partial charge in [-0.1, -0.05) is 18.2 Å².